The molecule has 1 saturated heterocycles. The van der Waals surface area contributed by atoms with Gasteiger partial charge in [0.1, 0.15) is 11.4 Å². The van der Waals surface area contributed by atoms with Gasteiger partial charge in [0.15, 0.2) is 5.78 Å². The number of rotatable bonds is 5. The van der Waals surface area contributed by atoms with Crippen molar-refractivity contribution >= 4 is 17.1 Å². The van der Waals surface area contributed by atoms with Gasteiger partial charge in [-0.2, -0.15) is 0 Å². The summed E-state index contributed by atoms with van der Waals surface area (Å²) in [6.07, 6.45) is 1.95. The van der Waals surface area contributed by atoms with Gasteiger partial charge < -0.3 is 9.84 Å². The predicted molar refractivity (Wildman–Crippen MR) is 113 cm³/mol. The Morgan fingerprint density at radius 1 is 1.36 bits per heavy atom. The molecule has 148 valence electrons. The summed E-state index contributed by atoms with van der Waals surface area (Å²) in [4.78, 5) is 17.5. The zero-order valence-corrected chi connectivity index (χ0v) is 17.5. The topological polar surface area (TPSA) is 49.8 Å². The Bertz CT molecular complexity index is 885. The van der Waals surface area contributed by atoms with Gasteiger partial charge >= 0.3 is 0 Å². The van der Waals surface area contributed by atoms with Gasteiger partial charge in [-0.05, 0) is 57.5 Å². The van der Waals surface area contributed by atoms with Gasteiger partial charge in [0.2, 0.25) is 0 Å². The first-order valence-electron chi connectivity index (χ1n) is 9.59. The monoisotopic (exact) mass is 397 g/mol. The Morgan fingerprint density at radius 2 is 2.18 bits per heavy atom. The van der Waals surface area contributed by atoms with Crippen molar-refractivity contribution in [1.29, 1.82) is 0 Å². The number of ketones is 1. The van der Waals surface area contributed by atoms with Crippen LogP contribution in [0.25, 0.3) is 0 Å². The van der Waals surface area contributed by atoms with Crippen molar-refractivity contribution < 1.29 is 14.6 Å². The van der Waals surface area contributed by atoms with Crippen LogP contribution in [0.3, 0.4) is 0 Å². The minimum Gasteiger partial charge on any atom is -0.497 e. The summed E-state index contributed by atoms with van der Waals surface area (Å²) in [6, 6.07) is 11.5. The molecule has 4 nitrogen and oxygen atoms in total. The molecule has 2 aromatic rings. The molecule has 0 amide bonds. The van der Waals surface area contributed by atoms with Gasteiger partial charge in [-0.3, -0.25) is 9.69 Å². The number of benzene rings is 1. The quantitative estimate of drug-likeness (QED) is 0.613. The van der Waals surface area contributed by atoms with E-state index in [0.29, 0.717) is 0 Å². The molecule has 1 aliphatic rings. The molecule has 1 aliphatic heterocycles. The number of piperidine rings is 1. The number of hydrogen-bond donors (Lipinski definition) is 1. The largest absolute Gasteiger partial charge is 0.497 e. The number of ether oxygens (including phenoxy) is 1. The highest BCUT2D eigenvalue weighted by molar-refractivity contribution is 7.12. The van der Waals surface area contributed by atoms with Crippen molar-refractivity contribution in [1.82, 2.24) is 4.90 Å². The van der Waals surface area contributed by atoms with Crippen molar-refractivity contribution in [3.05, 3.63) is 51.7 Å². The Labute approximate surface area is 171 Å². The molecule has 1 aromatic heterocycles. The number of carbonyl (C=O) groups is 1. The van der Waals surface area contributed by atoms with Crippen molar-refractivity contribution in [3.63, 3.8) is 0 Å². The van der Waals surface area contributed by atoms with Crippen LogP contribution in [0.5, 0.6) is 5.75 Å². The van der Waals surface area contributed by atoms with E-state index in [4.69, 9.17) is 4.74 Å². The van der Waals surface area contributed by atoms with Gasteiger partial charge in [0.05, 0.1) is 12.0 Å². The van der Waals surface area contributed by atoms with Crippen LogP contribution < -0.4 is 4.74 Å². The van der Waals surface area contributed by atoms with E-state index in [-0.39, 0.29) is 11.7 Å². The zero-order valence-electron chi connectivity index (χ0n) is 16.7. The lowest BCUT2D eigenvalue weighted by atomic mass is 9.90. The molecule has 1 atom stereocenters. The van der Waals surface area contributed by atoms with Gasteiger partial charge in [-0.15, -0.1) is 11.3 Å². The number of nitrogens with zero attached hydrogens (tertiary/aromatic N) is 1. The van der Waals surface area contributed by atoms with Crippen LogP contribution in [0.2, 0.25) is 0 Å². The average Bonchev–Trinajstić information content (AvgIpc) is 3.13. The van der Waals surface area contributed by atoms with E-state index in [1.54, 1.807) is 32.3 Å². The zero-order chi connectivity index (χ0) is 20.1. The number of methoxy groups -OCH3 is 1. The molecular weight excluding hydrogens is 370 g/mol. The Morgan fingerprint density at radius 3 is 2.93 bits per heavy atom. The highest BCUT2D eigenvalue weighted by Crippen LogP contribution is 2.25. The van der Waals surface area contributed by atoms with Crippen molar-refractivity contribution in [2.45, 2.75) is 38.8 Å². The molecule has 0 bridgehead atoms. The fourth-order valence-corrected chi connectivity index (χ4v) is 4.29. The molecule has 1 unspecified atom stereocenters. The highest BCUT2D eigenvalue weighted by atomic mass is 32.1. The third-order valence-electron chi connectivity index (χ3n) is 4.76. The minimum absolute atomic E-state index is 0.0234. The summed E-state index contributed by atoms with van der Waals surface area (Å²) in [6.45, 7) is 5.98. The summed E-state index contributed by atoms with van der Waals surface area (Å²) in [5.41, 5.74) is -0.253. The fourth-order valence-electron chi connectivity index (χ4n) is 3.39. The number of Topliss-reactive ketones (excluding diaryl/α,β-unsaturated/α-hetero) is 1. The molecular formula is C23H27NO3S. The van der Waals surface area contributed by atoms with E-state index in [2.05, 4.69) is 22.8 Å². The molecule has 3 rings (SSSR count). The standard InChI is InChI=1S/C23H27NO3S/c1-23(2,26)12-11-20-9-10-21(28-20)16-24-13-5-7-18(15-24)22(25)17-6-4-8-19(14-17)27-3/h4,6,8-10,14,18,26H,5,7,13,15-16H2,1-3H3. The molecule has 2 heterocycles. The first-order valence-corrected chi connectivity index (χ1v) is 10.4. The summed E-state index contributed by atoms with van der Waals surface area (Å²) in [5.74, 6) is 6.83. The van der Waals surface area contributed by atoms with Crippen molar-refractivity contribution in [2.75, 3.05) is 20.2 Å². The first kappa shape index (κ1) is 20.6. The maximum Gasteiger partial charge on any atom is 0.167 e. The number of hydrogen-bond acceptors (Lipinski definition) is 5. The van der Waals surface area contributed by atoms with Crippen LogP contribution >= 0.6 is 11.3 Å². The Balaban J connectivity index is 1.63. The second kappa shape index (κ2) is 8.91. The average molecular weight is 398 g/mol. The number of likely N-dealkylation sites (tertiary alicyclic amines) is 1. The predicted octanol–water partition coefficient (Wildman–Crippen LogP) is 3.97. The van der Waals surface area contributed by atoms with Gasteiger partial charge in [0.25, 0.3) is 0 Å². The molecule has 1 aromatic carbocycles. The van der Waals surface area contributed by atoms with E-state index in [1.165, 1.54) is 4.88 Å². The van der Waals surface area contributed by atoms with E-state index in [9.17, 15) is 9.90 Å². The maximum atomic E-state index is 12.9. The van der Waals surface area contributed by atoms with E-state index in [1.807, 2.05) is 30.3 Å². The number of carbonyl (C=O) groups excluding carboxylic acids is 1. The summed E-state index contributed by atoms with van der Waals surface area (Å²) in [7, 11) is 1.62. The van der Waals surface area contributed by atoms with Crippen molar-refractivity contribution in [2.24, 2.45) is 5.92 Å². The third kappa shape index (κ3) is 5.68. The van der Waals surface area contributed by atoms with Gasteiger partial charge in [-0.1, -0.05) is 24.0 Å². The smallest absolute Gasteiger partial charge is 0.167 e. The van der Waals surface area contributed by atoms with Gasteiger partial charge in [0, 0.05) is 29.4 Å². The summed E-state index contributed by atoms with van der Waals surface area (Å²) >= 11 is 1.65. The normalized spacial score (nSPS) is 17.6. The van der Waals surface area contributed by atoms with Crippen LogP contribution in [0.15, 0.2) is 36.4 Å². The van der Waals surface area contributed by atoms with Crippen LogP contribution in [0.4, 0.5) is 0 Å². The SMILES string of the molecule is COc1cccc(C(=O)C2CCCN(Cc3ccc(C#CC(C)(C)O)s3)C2)c1. The second-order valence-corrected chi connectivity index (χ2v) is 8.91. The van der Waals surface area contributed by atoms with Crippen LogP contribution in [-0.2, 0) is 6.54 Å². The molecule has 0 saturated carbocycles. The van der Waals surface area contributed by atoms with E-state index >= 15 is 0 Å². The lowest BCUT2D eigenvalue weighted by molar-refractivity contribution is 0.0812. The van der Waals surface area contributed by atoms with E-state index < -0.39 is 5.60 Å². The summed E-state index contributed by atoms with van der Waals surface area (Å²) < 4.78 is 5.25. The molecule has 5 heteroatoms. The lowest BCUT2D eigenvalue weighted by Crippen LogP contribution is -2.38. The number of thiophene rings is 1. The van der Waals surface area contributed by atoms with Gasteiger partial charge in [-0.25, -0.2) is 0 Å². The molecule has 28 heavy (non-hydrogen) atoms. The third-order valence-corrected chi connectivity index (χ3v) is 5.75. The Kier molecular flexibility index (Phi) is 6.56. The lowest BCUT2D eigenvalue weighted by Gasteiger charge is -2.31. The Hall–Kier alpha value is -2.13. The molecule has 1 N–H and O–H groups in total. The molecule has 0 spiro atoms. The second-order valence-electron chi connectivity index (χ2n) is 7.75. The van der Waals surface area contributed by atoms with Crippen LogP contribution in [0, 0.1) is 17.8 Å². The summed E-state index contributed by atoms with van der Waals surface area (Å²) in [5, 5.41) is 9.74. The molecule has 0 aliphatic carbocycles. The van der Waals surface area contributed by atoms with Crippen molar-refractivity contribution in [3.8, 4) is 17.6 Å². The van der Waals surface area contributed by atoms with Crippen LogP contribution in [0.1, 0.15) is 46.8 Å². The maximum absolute atomic E-state index is 12.9. The highest BCUT2D eigenvalue weighted by Gasteiger charge is 2.27. The molecule has 1 fully saturated rings. The van der Waals surface area contributed by atoms with Crippen LogP contribution in [-0.4, -0.2) is 41.6 Å². The molecule has 0 radical (unpaired) electrons. The number of aliphatic hydroxyl groups is 1. The first-order chi connectivity index (χ1) is 13.3. The minimum atomic E-state index is -0.981. The van der Waals surface area contributed by atoms with E-state index in [0.717, 1.165) is 48.7 Å². The fraction of sp³-hybridized carbons (Fsp3) is 0.435.